The predicted molar refractivity (Wildman–Crippen MR) is 168 cm³/mol. The van der Waals surface area contributed by atoms with Crippen LogP contribution in [0.1, 0.15) is 12.8 Å². The van der Waals surface area contributed by atoms with E-state index in [0.717, 1.165) is 79.5 Å². The number of nitrogens with one attached hydrogen (secondary N) is 3. The summed E-state index contributed by atoms with van der Waals surface area (Å²) in [6.07, 6.45) is 6.82. The molecule has 4 aromatic rings. The summed E-state index contributed by atoms with van der Waals surface area (Å²) in [7, 11) is 2.15. The minimum absolute atomic E-state index is 0.00208. The molecule has 3 aromatic heterocycles. The van der Waals surface area contributed by atoms with Gasteiger partial charge in [0.1, 0.15) is 17.5 Å². The summed E-state index contributed by atoms with van der Waals surface area (Å²) in [6, 6.07) is 15.9. The Kier molecular flexibility index (Phi) is 8.09. The average Bonchev–Trinajstić information content (AvgIpc) is 3.02. The van der Waals surface area contributed by atoms with Crippen LogP contribution in [-0.4, -0.2) is 83.1 Å². The van der Waals surface area contributed by atoms with E-state index in [1.165, 1.54) is 6.08 Å². The number of para-hydroxylation sites is 1. The summed E-state index contributed by atoms with van der Waals surface area (Å²) in [4.78, 5) is 38.0. The summed E-state index contributed by atoms with van der Waals surface area (Å²) in [5.41, 5.74) is 2.74. The van der Waals surface area contributed by atoms with Gasteiger partial charge in [0, 0.05) is 56.4 Å². The second-order valence-corrected chi connectivity index (χ2v) is 10.8. The maximum Gasteiger partial charge on any atom is 0.243 e. The summed E-state index contributed by atoms with van der Waals surface area (Å²) in [5.74, 6) is 2.49. The predicted octanol–water partition coefficient (Wildman–Crippen LogP) is 3.93. The first kappa shape index (κ1) is 27.4. The highest BCUT2D eigenvalue weighted by Crippen LogP contribution is 2.31. The van der Waals surface area contributed by atoms with Gasteiger partial charge < -0.3 is 30.7 Å². The maximum atomic E-state index is 12.0. The molecule has 2 aliphatic heterocycles. The molecule has 0 aliphatic carbocycles. The number of fused-ring (bicyclic) bond motifs is 1. The van der Waals surface area contributed by atoms with E-state index in [9.17, 15) is 4.79 Å². The molecule has 0 saturated carbocycles. The van der Waals surface area contributed by atoms with Gasteiger partial charge in [-0.05, 0) is 56.3 Å². The number of hydrogen-bond donors (Lipinski definition) is 3. The molecule has 216 valence electrons. The lowest BCUT2D eigenvalue weighted by atomic mass is 10.1. The number of amides is 1. The minimum atomic E-state index is -0.164. The highest BCUT2D eigenvalue weighted by molar-refractivity contribution is 5.92. The van der Waals surface area contributed by atoms with Crippen LogP contribution in [0.4, 0.5) is 34.8 Å². The van der Waals surface area contributed by atoms with Crippen LogP contribution in [0.5, 0.6) is 0 Å². The Morgan fingerprint density at radius 2 is 1.74 bits per heavy atom. The SMILES string of the molecule is C=CC(=O)N[C@H]1CCCN(c2nc(Nc3ccccc3)nc3cnc(Nc4ccc(N5CCN(C)CC5)cn4)cc23)C1. The number of pyridine rings is 2. The molecule has 0 radical (unpaired) electrons. The molecule has 1 atom stereocenters. The highest BCUT2D eigenvalue weighted by Gasteiger charge is 2.24. The van der Waals surface area contributed by atoms with Crippen molar-refractivity contribution >= 4 is 51.6 Å². The second-order valence-electron chi connectivity index (χ2n) is 10.8. The number of aromatic nitrogens is 4. The fourth-order valence-electron chi connectivity index (χ4n) is 5.42. The Morgan fingerprint density at radius 1 is 0.929 bits per heavy atom. The van der Waals surface area contributed by atoms with Gasteiger partial charge in [0.05, 0.1) is 23.6 Å². The van der Waals surface area contributed by atoms with Crippen molar-refractivity contribution in [2.75, 3.05) is 66.7 Å². The molecule has 11 heteroatoms. The molecule has 0 bridgehead atoms. The molecule has 5 heterocycles. The van der Waals surface area contributed by atoms with Crippen LogP contribution in [0.2, 0.25) is 0 Å². The number of benzene rings is 1. The van der Waals surface area contributed by atoms with Gasteiger partial charge in [0.25, 0.3) is 0 Å². The van der Waals surface area contributed by atoms with Gasteiger partial charge in [-0.1, -0.05) is 24.8 Å². The molecule has 2 fully saturated rings. The van der Waals surface area contributed by atoms with Gasteiger partial charge in [-0.3, -0.25) is 4.79 Å². The van der Waals surface area contributed by atoms with Gasteiger partial charge in [0.15, 0.2) is 0 Å². The van der Waals surface area contributed by atoms with Crippen molar-refractivity contribution in [1.82, 2.24) is 30.2 Å². The third-order valence-electron chi connectivity index (χ3n) is 7.72. The number of anilines is 6. The standard InChI is InChI=1S/C31H36N10O/c1-3-29(42)34-23-10-7-13-41(21-23)30-25-18-28(33-20-26(25)36-31(38-30)35-22-8-5-4-6-9-22)37-27-12-11-24(19-32-27)40-16-14-39(2)15-17-40/h3-6,8-9,11-12,18-20,23H,1,7,10,13-17,21H2,2H3,(H,34,42)(H,32,33,37)(H,35,36,38)/t23-/m0/s1. The van der Waals surface area contributed by atoms with Gasteiger partial charge in [-0.25, -0.2) is 15.0 Å². The van der Waals surface area contributed by atoms with Crippen molar-refractivity contribution in [1.29, 1.82) is 0 Å². The molecular weight excluding hydrogens is 528 g/mol. The highest BCUT2D eigenvalue weighted by atomic mass is 16.1. The molecule has 6 rings (SSSR count). The van der Waals surface area contributed by atoms with Crippen molar-refractivity contribution < 1.29 is 4.79 Å². The molecule has 3 N–H and O–H groups in total. The van der Waals surface area contributed by atoms with E-state index in [1.807, 2.05) is 48.7 Å². The smallest absolute Gasteiger partial charge is 0.243 e. The van der Waals surface area contributed by atoms with E-state index in [2.05, 4.69) is 60.3 Å². The molecule has 0 unspecified atom stereocenters. The lowest BCUT2D eigenvalue weighted by Crippen LogP contribution is -2.47. The molecule has 11 nitrogen and oxygen atoms in total. The minimum Gasteiger partial charge on any atom is -0.368 e. The third-order valence-corrected chi connectivity index (χ3v) is 7.72. The van der Waals surface area contributed by atoms with E-state index >= 15 is 0 Å². The Balaban J connectivity index is 1.28. The number of rotatable bonds is 8. The Hall–Kier alpha value is -4.77. The summed E-state index contributed by atoms with van der Waals surface area (Å²) < 4.78 is 0. The Morgan fingerprint density at radius 3 is 2.50 bits per heavy atom. The van der Waals surface area contributed by atoms with Gasteiger partial charge in [-0.2, -0.15) is 4.98 Å². The molecule has 0 spiro atoms. The Labute approximate surface area is 245 Å². The van der Waals surface area contributed by atoms with Gasteiger partial charge in [0.2, 0.25) is 11.9 Å². The first-order valence-electron chi connectivity index (χ1n) is 14.4. The fourth-order valence-corrected chi connectivity index (χ4v) is 5.42. The third kappa shape index (κ3) is 6.41. The number of carbonyl (C=O) groups is 1. The van der Waals surface area contributed by atoms with Crippen molar-refractivity contribution in [2.45, 2.75) is 18.9 Å². The van der Waals surface area contributed by atoms with Gasteiger partial charge >= 0.3 is 0 Å². The van der Waals surface area contributed by atoms with Crippen molar-refractivity contribution in [2.24, 2.45) is 0 Å². The second kappa shape index (κ2) is 12.4. The van der Waals surface area contributed by atoms with E-state index in [1.54, 1.807) is 6.20 Å². The number of nitrogens with zero attached hydrogens (tertiary/aromatic N) is 7. The maximum absolute atomic E-state index is 12.0. The van der Waals surface area contributed by atoms with E-state index < -0.39 is 0 Å². The number of piperidine rings is 1. The monoisotopic (exact) mass is 564 g/mol. The fraction of sp³-hybridized carbons (Fsp3) is 0.323. The van der Waals surface area contributed by atoms with Crippen LogP contribution in [0.25, 0.3) is 10.9 Å². The zero-order valence-electron chi connectivity index (χ0n) is 23.8. The normalized spacial score (nSPS) is 17.6. The quantitative estimate of drug-likeness (QED) is 0.272. The number of carbonyl (C=O) groups excluding carboxylic acids is 1. The van der Waals surface area contributed by atoms with E-state index in [4.69, 9.17) is 9.97 Å². The lowest BCUT2D eigenvalue weighted by molar-refractivity contribution is -0.117. The van der Waals surface area contributed by atoms with E-state index in [-0.39, 0.29) is 11.9 Å². The first-order valence-corrected chi connectivity index (χ1v) is 14.4. The van der Waals surface area contributed by atoms with Crippen molar-refractivity contribution in [3.05, 3.63) is 73.6 Å². The van der Waals surface area contributed by atoms with E-state index in [0.29, 0.717) is 18.3 Å². The zero-order chi connectivity index (χ0) is 28.9. The summed E-state index contributed by atoms with van der Waals surface area (Å²) >= 11 is 0. The van der Waals surface area contributed by atoms with Crippen LogP contribution in [-0.2, 0) is 4.79 Å². The molecule has 1 amide bonds. The molecule has 1 aromatic carbocycles. The lowest BCUT2D eigenvalue weighted by Gasteiger charge is -2.34. The van der Waals surface area contributed by atoms with Crippen LogP contribution in [0, 0.1) is 0 Å². The van der Waals surface area contributed by atoms with Crippen molar-refractivity contribution in [3.8, 4) is 0 Å². The Bertz CT molecular complexity index is 1540. The number of likely N-dealkylation sites (N-methyl/N-ethyl adjacent to an activating group) is 1. The number of hydrogen-bond acceptors (Lipinski definition) is 10. The molecule has 2 saturated heterocycles. The summed E-state index contributed by atoms with van der Waals surface area (Å²) in [6.45, 7) is 9.13. The van der Waals surface area contributed by atoms with Crippen LogP contribution < -0.4 is 25.8 Å². The molecule has 42 heavy (non-hydrogen) atoms. The van der Waals surface area contributed by atoms with Crippen LogP contribution >= 0.6 is 0 Å². The first-order chi connectivity index (χ1) is 20.5. The summed E-state index contributed by atoms with van der Waals surface area (Å²) in [5, 5.41) is 10.6. The van der Waals surface area contributed by atoms with Crippen LogP contribution in [0.3, 0.4) is 0 Å². The van der Waals surface area contributed by atoms with Gasteiger partial charge in [-0.15, -0.1) is 0 Å². The van der Waals surface area contributed by atoms with Crippen molar-refractivity contribution in [3.63, 3.8) is 0 Å². The largest absolute Gasteiger partial charge is 0.368 e. The topological polar surface area (TPSA) is 114 Å². The number of piperazine rings is 1. The zero-order valence-corrected chi connectivity index (χ0v) is 23.8. The molecule has 2 aliphatic rings. The molecular formula is C31H36N10O. The average molecular weight is 565 g/mol. The van der Waals surface area contributed by atoms with Crippen LogP contribution in [0.15, 0.2) is 73.6 Å².